The molecule has 0 heterocycles. The van der Waals surface area contributed by atoms with Crippen molar-refractivity contribution in [2.24, 2.45) is 0 Å². The average Bonchev–Trinajstić information content (AvgIpc) is 2.43. The number of ether oxygens (including phenoxy) is 1. The van der Waals surface area contributed by atoms with Crippen LogP contribution in [0.1, 0.15) is 77.6 Å². The van der Waals surface area contributed by atoms with Gasteiger partial charge in [-0.25, -0.2) is 0 Å². The first-order valence-corrected chi connectivity index (χ1v) is 9.64. The normalized spacial score (nSPS) is 11.1. The van der Waals surface area contributed by atoms with Crippen LogP contribution in [0, 0.1) is 0 Å². The molecule has 0 aliphatic carbocycles. The third kappa shape index (κ3) is 17.9. The topological polar surface area (TPSA) is 26.3 Å². The van der Waals surface area contributed by atoms with E-state index < -0.39 is 0 Å². The fraction of sp³-hybridized carbons (Fsp3) is 0.824. The van der Waals surface area contributed by atoms with Gasteiger partial charge in [-0.3, -0.25) is 4.79 Å². The van der Waals surface area contributed by atoms with Crippen molar-refractivity contribution in [2.45, 2.75) is 77.6 Å². The van der Waals surface area contributed by atoms with Crippen molar-refractivity contribution in [3.8, 4) is 0 Å². The zero-order valence-electron chi connectivity index (χ0n) is 13.0. The molecule has 0 unspecified atom stereocenters. The number of carbonyl (C=O) groups excluding carboxylic acids is 1. The van der Waals surface area contributed by atoms with Gasteiger partial charge in [0, 0.05) is 11.4 Å². The molecule has 118 valence electrons. The van der Waals surface area contributed by atoms with E-state index in [0.29, 0.717) is 6.61 Å². The number of carbonyl (C=O) groups is 1. The SMILES string of the molecule is CC(=O)OCCCCCCCCCCC/C=C\CCI. The van der Waals surface area contributed by atoms with E-state index in [2.05, 4.69) is 34.7 Å². The summed E-state index contributed by atoms with van der Waals surface area (Å²) < 4.78 is 6.14. The summed E-state index contributed by atoms with van der Waals surface area (Å²) in [4.78, 5) is 10.6. The van der Waals surface area contributed by atoms with Gasteiger partial charge in [0.1, 0.15) is 0 Å². The molecule has 0 rings (SSSR count). The van der Waals surface area contributed by atoms with Gasteiger partial charge in [-0.2, -0.15) is 0 Å². The molecule has 0 atom stereocenters. The van der Waals surface area contributed by atoms with Crippen molar-refractivity contribution in [2.75, 3.05) is 11.0 Å². The molecule has 0 aliphatic rings. The molecule has 20 heavy (non-hydrogen) atoms. The van der Waals surface area contributed by atoms with Crippen LogP contribution in [-0.2, 0) is 9.53 Å². The predicted octanol–water partition coefficient (Wildman–Crippen LogP) is 5.83. The summed E-state index contributed by atoms with van der Waals surface area (Å²) >= 11 is 2.41. The number of allylic oxidation sites excluding steroid dienone is 2. The largest absolute Gasteiger partial charge is 0.466 e. The molecule has 2 nitrogen and oxygen atoms in total. The van der Waals surface area contributed by atoms with Crippen molar-refractivity contribution < 1.29 is 9.53 Å². The van der Waals surface area contributed by atoms with Crippen LogP contribution in [0.15, 0.2) is 12.2 Å². The Kier molecular flexibility index (Phi) is 16.9. The maximum atomic E-state index is 10.6. The fourth-order valence-corrected chi connectivity index (χ4v) is 2.48. The first-order valence-electron chi connectivity index (χ1n) is 8.11. The van der Waals surface area contributed by atoms with Gasteiger partial charge in [-0.05, 0) is 25.7 Å². The van der Waals surface area contributed by atoms with E-state index in [1.165, 1.54) is 75.6 Å². The Morgan fingerprint density at radius 2 is 1.35 bits per heavy atom. The zero-order chi connectivity index (χ0) is 14.9. The van der Waals surface area contributed by atoms with Gasteiger partial charge in [0.25, 0.3) is 0 Å². The van der Waals surface area contributed by atoms with E-state index in [-0.39, 0.29) is 5.97 Å². The number of rotatable bonds is 14. The highest BCUT2D eigenvalue weighted by Gasteiger charge is 1.94. The van der Waals surface area contributed by atoms with Gasteiger partial charge in [0.15, 0.2) is 0 Å². The highest BCUT2D eigenvalue weighted by Crippen LogP contribution is 2.11. The highest BCUT2D eigenvalue weighted by atomic mass is 127. The maximum absolute atomic E-state index is 10.6. The Labute approximate surface area is 138 Å². The second kappa shape index (κ2) is 17.0. The first-order chi connectivity index (χ1) is 9.77. The molecule has 0 aromatic carbocycles. The van der Waals surface area contributed by atoms with Crippen LogP contribution in [0.5, 0.6) is 0 Å². The molecule has 3 heteroatoms. The standard InChI is InChI=1S/C17H31IO2/c1-17(19)20-16-14-12-10-8-6-4-2-3-5-7-9-11-13-15-18/h9,11H,2-8,10,12-16H2,1H3/b11-9-. The molecule has 0 saturated heterocycles. The number of esters is 1. The van der Waals surface area contributed by atoms with Crippen molar-refractivity contribution in [3.63, 3.8) is 0 Å². The molecular formula is C17H31IO2. The second-order valence-electron chi connectivity index (χ2n) is 5.26. The van der Waals surface area contributed by atoms with Crippen molar-refractivity contribution in [3.05, 3.63) is 12.2 Å². The van der Waals surface area contributed by atoms with Crippen LogP contribution < -0.4 is 0 Å². The summed E-state index contributed by atoms with van der Waals surface area (Å²) in [5.41, 5.74) is 0. The third-order valence-corrected chi connectivity index (χ3v) is 3.89. The minimum absolute atomic E-state index is 0.158. The molecule has 0 radical (unpaired) electrons. The van der Waals surface area contributed by atoms with Crippen LogP contribution in [0.3, 0.4) is 0 Å². The van der Waals surface area contributed by atoms with E-state index in [1.807, 2.05) is 0 Å². The van der Waals surface area contributed by atoms with Gasteiger partial charge < -0.3 is 4.74 Å². The Morgan fingerprint density at radius 3 is 1.90 bits per heavy atom. The smallest absolute Gasteiger partial charge is 0.302 e. The molecule has 0 N–H and O–H groups in total. The molecule has 0 spiro atoms. The number of unbranched alkanes of at least 4 members (excludes halogenated alkanes) is 9. The molecule has 0 amide bonds. The van der Waals surface area contributed by atoms with Gasteiger partial charge in [-0.15, -0.1) is 0 Å². The van der Waals surface area contributed by atoms with E-state index in [1.54, 1.807) is 0 Å². The lowest BCUT2D eigenvalue weighted by Crippen LogP contribution is -2.00. The summed E-state index contributed by atoms with van der Waals surface area (Å²) in [6.45, 7) is 2.07. The molecule has 0 bridgehead atoms. The van der Waals surface area contributed by atoms with E-state index in [9.17, 15) is 4.79 Å². The van der Waals surface area contributed by atoms with E-state index in [0.717, 1.165) is 6.42 Å². The molecular weight excluding hydrogens is 363 g/mol. The van der Waals surface area contributed by atoms with Crippen LogP contribution >= 0.6 is 22.6 Å². The first kappa shape index (κ1) is 19.9. The monoisotopic (exact) mass is 394 g/mol. The zero-order valence-corrected chi connectivity index (χ0v) is 15.2. The number of hydrogen-bond acceptors (Lipinski definition) is 2. The average molecular weight is 394 g/mol. The summed E-state index contributed by atoms with van der Waals surface area (Å²) in [5.74, 6) is -0.158. The van der Waals surface area contributed by atoms with Gasteiger partial charge in [0.05, 0.1) is 6.61 Å². The van der Waals surface area contributed by atoms with Crippen molar-refractivity contribution in [1.29, 1.82) is 0 Å². The number of hydrogen-bond donors (Lipinski definition) is 0. The van der Waals surface area contributed by atoms with Gasteiger partial charge in [0.2, 0.25) is 0 Å². The molecule has 0 saturated carbocycles. The quantitative estimate of drug-likeness (QED) is 0.122. The summed E-state index contributed by atoms with van der Waals surface area (Å²) in [6.07, 6.45) is 18.8. The summed E-state index contributed by atoms with van der Waals surface area (Å²) in [7, 11) is 0. The van der Waals surface area contributed by atoms with Gasteiger partial charge >= 0.3 is 5.97 Å². The lowest BCUT2D eigenvalue weighted by Gasteiger charge is -2.03. The highest BCUT2D eigenvalue weighted by molar-refractivity contribution is 14.1. The lowest BCUT2D eigenvalue weighted by atomic mass is 10.1. The molecule has 0 aromatic heterocycles. The van der Waals surface area contributed by atoms with Crippen LogP contribution in [0.2, 0.25) is 0 Å². The van der Waals surface area contributed by atoms with Crippen LogP contribution in [0.25, 0.3) is 0 Å². The second-order valence-corrected chi connectivity index (χ2v) is 6.34. The lowest BCUT2D eigenvalue weighted by molar-refractivity contribution is -0.141. The summed E-state index contributed by atoms with van der Waals surface area (Å²) in [6, 6.07) is 0. The Balaban J connectivity index is 3.01. The van der Waals surface area contributed by atoms with Crippen LogP contribution in [-0.4, -0.2) is 17.0 Å². The minimum atomic E-state index is -0.158. The number of alkyl halides is 1. The van der Waals surface area contributed by atoms with Crippen molar-refractivity contribution >= 4 is 28.6 Å². The third-order valence-electron chi connectivity index (χ3n) is 3.26. The fourth-order valence-electron chi connectivity index (χ4n) is 2.12. The van der Waals surface area contributed by atoms with Crippen molar-refractivity contribution in [1.82, 2.24) is 0 Å². The molecule has 0 fully saturated rings. The van der Waals surface area contributed by atoms with E-state index >= 15 is 0 Å². The predicted molar refractivity (Wildman–Crippen MR) is 95.4 cm³/mol. The number of halogens is 1. The summed E-state index contributed by atoms with van der Waals surface area (Å²) in [5, 5.41) is 0. The molecule has 0 aliphatic heterocycles. The Hall–Kier alpha value is -0.0600. The Bertz CT molecular complexity index is 239. The van der Waals surface area contributed by atoms with Gasteiger partial charge in [-0.1, -0.05) is 79.7 Å². The Morgan fingerprint density at radius 1 is 0.850 bits per heavy atom. The minimum Gasteiger partial charge on any atom is -0.466 e. The van der Waals surface area contributed by atoms with Crippen LogP contribution in [0.4, 0.5) is 0 Å². The molecule has 0 aromatic rings. The van der Waals surface area contributed by atoms with E-state index in [4.69, 9.17) is 4.74 Å². The maximum Gasteiger partial charge on any atom is 0.302 e.